The maximum Gasteiger partial charge on any atom is 0.178 e. The van der Waals surface area contributed by atoms with Crippen molar-refractivity contribution in [2.75, 3.05) is 0 Å². The molecule has 2 heterocycles. The van der Waals surface area contributed by atoms with Crippen LogP contribution in [0.3, 0.4) is 0 Å². The maximum atomic E-state index is 4.23. The number of imidazole rings is 1. The first-order valence-electron chi connectivity index (χ1n) is 3.45. The number of hydrogen-bond donors (Lipinski definition) is 0. The van der Waals surface area contributed by atoms with Gasteiger partial charge in [0.15, 0.2) is 5.65 Å². The molecule has 0 aromatic carbocycles. The van der Waals surface area contributed by atoms with Crippen LogP contribution in [-0.4, -0.2) is 14.5 Å². The van der Waals surface area contributed by atoms with E-state index < -0.39 is 0 Å². The first-order chi connectivity index (χ1) is 5.29. The number of aromatic nitrogens is 3. The first-order valence-corrected chi connectivity index (χ1v) is 3.45. The van der Waals surface area contributed by atoms with Crippen molar-refractivity contribution >= 4 is 11.2 Å². The highest BCUT2D eigenvalue weighted by molar-refractivity contribution is 5.70. The molecule has 0 unspecified atom stereocenters. The maximum absolute atomic E-state index is 4.23. The van der Waals surface area contributed by atoms with Gasteiger partial charge in [-0.05, 0) is 13.0 Å². The fourth-order valence-corrected chi connectivity index (χ4v) is 1.07. The van der Waals surface area contributed by atoms with Gasteiger partial charge in [-0.25, -0.2) is 9.97 Å². The predicted octanol–water partition coefficient (Wildman–Crippen LogP) is 1.08. The average Bonchev–Trinajstić information content (AvgIpc) is 2.30. The highest BCUT2D eigenvalue weighted by Gasteiger charge is 2.02. The molecule has 0 aliphatic rings. The SMILES string of the molecule is Cc1nc2ncc[c]c2n1C. The van der Waals surface area contributed by atoms with Crippen molar-refractivity contribution in [3.63, 3.8) is 0 Å². The quantitative estimate of drug-likeness (QED) is 0.556. The Bertz CT molecular complexity index is 389. The fourth-order valence-electron chi connectivity index (χ4n) is 1.07. The highest BCUT2D eigenvalue weighted by atomic mass is 15.1. The monoisotopic (exact) mass is 146 g/mol. The molecule has 1 radical (unpaired) electrons. The van der Waals surface area contributed by atoms with Gasteiger partial charge in [0.2, 0.25) is 0 Å². The predicted molar refractivity (Wildman–Crippen MR) is 42.1 cm³/mol. The van der Waals surface area contributed by atoms with E-state index in [1.54, 1.807) is 12.3 Å². The molecule has 2 aromatic heterocycles. The molecule has 3 heteroatoms. The second-order valence-corrected chi connectivity index (χ2v) is 2.48. The van der Waals surface area contributed by atoms with E-state index in [4.69, 9.17) is 0 Å². The van der Waals surface area contributed by atoms with Gasteiger partial charge < -0.3 is 4.57 Å². The lowest BCUT2D eigenvalue weighted by molar-refractivity contribution is 0.885. The Morgan fingerprint density at radius 2 is 2.36 bits per heavy atom. The summed E-state index contributed by atoms with van der Waals surface area (Å²) in [6.07, 6.45) is 1.70. The second kappa shape index (κ2) is 2.05. The van der Waals surface area contributed by atoms with Gasteiger partial charge in [-0.2, -0.15) is 0 Å². The van der Waals surface area contributed by atoms with Crippen molar-refractivity contribution in [1.29, 1.82) is 0 Å². The molecule has 2 rings (SSSR count). The smallest absolute Gasteiger partial charge is 0.178 e. The molecule has 0 spiro atoms. The summed E-state index contributed by atoms with van der Waals surface area (Å²) in [4.78, 5) is 8.33. The number of fused-ring (bicyclic) bond motifs is 1. The van der Waals surface area contributed by atoms with Crippen molar-refractivity contribution in [3.8, 4) is 0 Å². The Hall–Kier alpha value is -1.38. The van der Waals surface area contributed by atoms with Crippen LogP contribution >= 0.6 is 0 Å². The lowest BCUT2D eigenvalue weighted by Crippen LogP contribution is -1.89. The topological polar surface area (TPSA) is 30.7 Å². The molecule has 0 aliphatic carbocycles. The van der Waals surface area contributed by atoms with Crippen LogP contribution in [0, 0.1) is 13.0 Å². The lowest BCUT2D eigenvalue weighted by atomic mass is 10.4. The Morgan fingerprint density at radius 3 is 3.09 bits per heavy atom. The molecule has 0 aliphatic heterocycles. The van der Waals surface area contributed by atoms with Crippen LogP contribution in [-0.2, 0) is 7.05 Å². The first kappa shape index (κ1) is 6.34. The minimum Gasteiger partial charge on any atom is -0.329 e. The summed E-state index contributed by atoms with van der Waals surface area (Å²) in [6, 6.07) is 4.87. The average molecular weight is 146 g/mol. The number of pyridine rings is 1. The molecule has 0 N–H and O–H groups in total. The van der Waals surface area contributed by atoms with E-state index in [1.165, 1.54) is 0 Å². The molecule has 11 heavy (non-hydrogen) atoms. The lowest BCUT2D eigenvalue weighted by Gasteiger charge is -1.92. The molecule has 3 nitrogen and oxygen atoms in total. The number of hydrogen-bond acceptors (Lipinski definition) is 2. The fraction of sp³-hybridized carbons (Fsp3) is 0.250. The largest absolute Gasteiger partial charge is 0.329 e. The van der Waals surface area contributed by atoms with Crippen LogP contribution in [0.4, 0.5) is 0 Å². The summed E-state index contributed by atoms with van der Waals surface area (Å²) in [5, 5.41) is 0. The van der Waals surface area contributed by atoms with E-state index >= 15 is 0 Å². The molecular weight excluding hydrogens is 138 g/mol. The summed E-state index contributed by atoms with van der Waals surface area (Å²) in [7, 11) is 1.96. The van der Waals surface area contributed by atoms with Crippen LogP contribution in [0.15, 0.2) is 12.3 Å². The summed E-state index contributed by atoms with van der Waals surface area (Å²) >= 11 is 0. The summed E-state index contributed by atoms with van der Waals surface area (Å²) < 4.78 is 1.97. The van der Waals surface area contributed by atoms with E-state index in [9.17, 15) is 0 Å². The van der Waals surface area contributed by atoms with E-state index in [2.05, 4.69) is 16.0 Å². The molecule has 2 aromatic rings. The van der Waals surface area contributed by atoms with Crippen LogP contribution < -0.4 is 0 Å². The van der Waals surface area contributed by atoms with Gasteiger partial charge in [-0.1, -0.05) is 0 Å². The van der Waals surface area contributed by atoms with E-state index in [-0.39, 0.29) is 0 Å². The minimum absolute atomic E-state index is 0.771. The third kappa shape index (κ3) is 0.808. The zero-order valence-electron chi connectivity index (χ0n) is 6.50. The van der Waals surface area contributed by atoms with Crippen LogP contribution in [0.5, 0.6) is 0 Å². The van der Waals surface area contributed by atoms with Gasteiger partial charge >= 0.3 is 0 Å². The van der Waals surface area contributed by atoms with Gasteiger partial charge in [0.05, 0.1) is 5.52 Å². The molecule has 0 atom stereocenters. The normalized spacial score (nSPS) is 10.7. The van der Waals surface area contributed by atoms with Crippen molar-refractivity contribution < 1.29 is 0 Å². The van der Waals surface area contributed by atoms with Crippen molar-refractivity contribution in [3.05, 3.63) is 24.2 Å². The van der Waals surface area contributed by atoms with Crippen LogP contribution in [0.2, 0.25) is 0 Å². The van der Waals surface area contributed by atoms with E-state index in [0.29, 0.717) is 0 Å². The second-order valence-electron chi connectivity index (χ2n) is 2.48. The number of rotatable bonds is 0. The van der Waals surface area contributed by atoms with Gasteiger partial charge in [0, 0.05) is 19.3 Å². The molecule has 0 saturated carbocycles. The van der Waals surface area contributed by atoms with Crippen LogP contribution in [0.1, 0.15) is 5.82 Å². The Labute approximate surface area is 64.7 Å². The van der Waals surface area contributed by atoms with Gasteiger partial charge in [0.25, 0.3) is 0 Å². The molecule has 0 bridgehead atoms. The molecule has 0 fully saturated rings. The molecule has 55 valence electrons. The minimum atomic E-state index is 0.771. The molecule has 0 amide bonds. The highest BCUT2D eigenvalue weighted by Crippen LogP contribution is 2.09. The van der Waals surface area contributed by atoms with Gasteiger partial charge in [-0.15, -0.1) is 0 Å². The zero-order valence-corrected chi connectivity index (χ0v) is 6.50. The van der Waals surface area contributed by atoms with E-state index in [1.807, 2.05) is 18.5 Å². The zero-order chi connectivity index (χ0) is 7.84. The van der Waals surface area contributed by atoms with Crippen molar-refractivity contribution in [1.82, 2.24) is 14.5 Å². The van der Waals surface area contributed by atoms with Crippen LogP contribution in [0.25, 0.3) is 11.2 Å². The molecular formula is C8H8N3. The Balaban J connectivity index is 2.92. The van der Waals surface area contributed by atoms with Crippen molar-refractivity contribution in [2.24, 2.45) is 7.05 Å². The summed E-state index contributed by atoms with van der Waals surface area (Å²) in [5.74, 6) is 0.968. The van der Waals surface area contributed by atoms with Gasteiger partial charge in [-0.3, -0.25) is 0 Å². The van der Waals surface area contributed by atoms with Crippen molar-refractivity contribution in [2.45, 2.75) is 6.92 Å². The number of nitrogens with zero attached hydrogens (tertiary/aromatic N) is 3. The third-order valence-corrected chi connectivity index (χ3v) is 1.79. The summed E-state index contributed by atoms with van der Waals surface area (Å²) in [6.45, 7) is 1.95. The Kier molecular flexibility index (Phi) is 1.18. The van der Waals surface area contributed by atoms with Gasteiger partial charge in [0.1, 0.15) is 5.82 Å². The summed E-state index contributed by atoms with van der Waals surface area (Å²) in [5.41, 5.74) is 1.73. The molecule has 0 saturated heterocycles. The number of aryl methyl sites for hydroxylation is 2. The Morgan fingerprint density at radius 1 is 1.55 bits per heavy atom. The third-order valence-electron chi connectivity index (χ3n) is 1.79. The standard InChI is InChI=1S/C8H8N3/c1-6-10-8-7(11(6)2)4-3-5-9-8/h3,5H,1-2H3. The van der Waals surface area contributed by atoms with E-state index in [0.717, 1.165) is 17.0 Å².